The van der Waals surface area contributed by atoms with E-state index in [0.29, 0.717) is 17.1 Å². The minimum Gasteiger partial charge on any atom is -0.496 e. The molecule has 3 rings (SSSR count). The van der Waals surface area contributed by atoms with E-state index in [1.165, 1.54) is 29.7 Å². The second-order valence-electron chi connectivity index (χ2n) is 4.89. The van der Waals surface area contributed by atoms with E-state index >= 15 is 0 Å². The molecular weight excluding hydrogens is 314 g/mol. The molecule has 0 saturated carbocycles. The van der Waals surface area contributed by atoms with Gasteiger partial charge in [0.1, 0.15) is 18.0 Å². The molecule has 122 valence electrons. The summed E-state index contributed by atoms with van der Waals surface area (Å²) < 4.78 is 11.9. The molecule has 0 fully saturated rings. The fraction of sp³-hybridized carbons (Fsp3) is 0.125. The summed E-state index contributed by atoms with van der Waals surface area (Å²) in [6.45, 7) is -0.0617. The SMILES string of the molecule is COc1ccc(OCc2cc(=O)n3ccccc3n2)c([N+](=O)[O-])c1. The number of nitro groups is 1. The van der Waals surface area contributed by atoms with Gasteiger partial charge in [-0.1, -0.05) is 6.07 Å². The molecule has 0 saturated heterocycles. The van der Waals surface area contributed by atoms with Crippen molar-refractivity contribution in [3.63, 3.8) is 0 Å². The minimum absolute atomic E-state index is 0.0617. The zero-order valence-electron chi connectivity index (χ0n) is 12.7. The van der Waals surface area contributed by atoms with Crippen LogP contribution in [0.25, 0.3) is 5.65 Å². The van der Waals surface area contributed by atoms with Gasteiger partial charge in [0.25, 0.3) is 5.56 Å². The van der Waals surface area contributed by atoms with Crippen molar-refractivity contribution in [2.75, 3.05) is 7.11 Å². The number of fused-ring (bicyclic) bond motifs is 1. The lowest BCUT2D eigenvalue weighted by atomic mass is 10.3. The van der Waals surface area contributed by atoms with Gasteiger partial charge in [-0.2, -0.15) is 0 Å². The minimum atomic E-state index is -0.555. The van der Waals surface area contributed by atoms with Gasteiger partial charge in [-0.15, -0.1) is 0 Å². The molecule has 0 radical (unpaired) electrons. The molecule has 0 bridgehead atoms. The van der Waals surface area contributed by atoms with Gasteiger partial charge in [0.15, 0.2) is 5.75 Å². The zero-order chi connectivity index (χ0) is 17.1. The van der Waals surface area contributed by atoms with Crippen LogP contribution in [0.2, 0.25) is 0 Å². The number of pyridine rings is 1. The normalized spacial score (nSPS) is 10.5. The van der Waals surface area contributed by atoms with Gasteiger partial charge in [-0.25, -0.2) is 4.98 Å². The molecular formula is C16H13N3O5. The topological polar surface area (TPSA) is 96.0 Å². The molecule has 0 aliphatic rings. The van der Waals surface area contributed by atoms with Crippen LogP contribution in [0.1, 0.15) is 5.69 Å². The first-order valence-electron chi connectivity index (χ1n) is 7.01. The molecule has 0 aliphatic carbocycles. The molecule has 0 aliphatic heterocycles. The number of nitro benzene ring substituents is 1. The average Bonchev–Trinajstić information content (AvgIpc) is 2.59. The van der Waals surface area contributed by atoms with Gasteiger partial charge in [0.2, 0.25) is 0 Å². The van der Waals surface area contributed by atoms with Crippen LogP contribution in [0.4, 0.5) is 5.69 Å². The number of hydrogen-bond acceptors (Lipinski definition) is 6. The molecule has 0 amide bonds. The largest absolute Gasteiger partial charge is 0.496 e. The van der Waals surface area contributed by atoms with Gasteiger partial charge < -0.3 is 9.47 Å². The summed E-state index contributed by atoms with van der Waals surface area (Å²) in [7, 11) is 1.42. The smallest absolute Gasteiger partial charge is 0.314 e. The molecule has 0 spiro atoms. The summed E-state index contributed by atoms with van der Waals surface area (Å²) in [4.78, 5) is 26.9. The highest BCUT2D eigenvalue weighted by Crippen LogP contribution is 2.31. The van der Waals surface area contributed by atoms with Crippen molar-refractivity contribution in [1.29, 1.82) is 0 Å². The van der Waals surface area contributed by atoms with Crippen LogP contribution >= 0.6 is 0 Å². The standard InChI is InChI=1S/C16H13N3O5/c1-23-12-5-6-14(13(9-12)19(21)22)24-10-11-8-16(20)18-7-3-2-4-15(18)17-11/h2-9H,10H2,1H3. The summed E-state index contributed by atoms with van der Waals surface area (Å²) in [6.07, 6.45) is 1.61. The van der Waals surface area contributed by atoms with Crippen LogP contribution in [0.3, 0.4) is 0 Å². The highest BCUT2D eigenvalue weighted by molar-refractivity contribution is 5.51. The van der Waals surface area contributed by atoms with Gasteiger partial charge in [0, 0.05) is 12.3 Å². The first kappa shape index (κ1) is 15.5. The van der Waals surface area contributed by atoms with Crippen LogP contribution in [0.15, 0.2) is 53.5 Å². The number of ether oxygens (including phenoxy) is 2. The first-order chi connectivity index (χ1) is 11.6. The maximum Gasteiger partial charge on any atom is 0.314 e. The van der Waals surface area contributed by atoms with Crippen molar-refractivity contribution in [3.8, 4) is 11.5 Å². The van der Waals surface area contributed by atoms with Crippen molar-refractivity contribution in [1.82, 2.24) is 9.38 Å². The lowest BCUT2D eigenvalue weighted by Gasteiger charge is -2.08. The Balaban J connectivity index is 1.88. The molecule has 3 aromatic rings. The Kier molecular flexibility index (Phi) is 4.11. The van der Waals surface area contributed by atoms with Crippen molar-refractivity contribution in [2.24, 2.45) is 0 Å². The van der Waals surface area contributed by atoms with Crippen LogP contribution < -0.4 is 15.0 Å². The van der Waals surface area contributed by atoms with Crippen LogP contribution in [0.5, 0.6) is 11.5 Å². The van der Waals surface area contributed by atoms with E-state index in [0.717, 1.165) is 0 Å². The third kappa shape index (κ3) is 3.02. The second-order valence-corrected chi connectivity index (χ2v) is 4.89. The number of aromatic nitrogens is 2. The maximum absolute atomic E-state index is 12.0. The van der Waals surface area contributed by atoms with Gasteiger partial charge in [-0.05, 0) is 24.3 Å². The van der Waals surface area contributed by atoms with Crippen molar-refractivity contribution in [2.45, 2.75) is 6.61 Å². The zero-order valence-corrected chi connectivity index (χ0v) is 12.7. The van der Waals surface area contributed by atoms with Crippen LogP contribution in [-0.2, 0) is 6.61 Å². The quantitative estimate of drug-likeness (QED) is 0.526. The third-order valence-corrected chi connectivity index (χ3v) is 3.36. The number of hydrogen-bond donors (Lipinski definition) is 0. The molecule has 24 heavy (non-hydrogen) atoms. The fourth-order valence-electron chi connectivity index (χ4n) is 2.22. The van der Waals surface area contributed by atoms with Crippen molar-refractivity contribution in [3.05, 3.63) is 74.8 Å². The maximum atomic E-state index is 12.0. The molecule has 0 unspecified atom stereocenters. The summed E-state index contributed by atoms with van der Waals surface area (Å²) in [6, 6.07) is 10.8. The Morgan fingerprint density at radius 1 is 1.25 bits per heavy atom. The Morgan fingerprint density at radius 3 is 2.83 bits per heavy atom. The summed E-state index contributed by atoms with van der Waals surface area (Å²) in [5, 5.41) is 11.1. The Morgan fingerprint density at radius 2 is 2.08 bits per heavy atom. The fourth-order valence-corrected chi connectivity index (χ4v) is 2.22. The number of benzene rings is 1. The summed E-state index contributed by atoms with van der Waals surface area (Å²) in [5.74, 6) is 0.437. The highest BCUT2D eigenvalue weighted by Gasteiger charge is 2.17. The lowest BCUT2D eigenvalue weighted by molar-refractivity contribution is -0.386. The Bertz CT molecular complexity index is 967. The molecule has 0 N–H and O–H groups in total. The Labute approximate surface area is 136 Å². The predicted molar refractivity (Wildman–Crippen MR) is 85.4 cm³/mol. The van der Waals surface area contributed by atoms with E-state index in [9.17, 15) is 14.9 Å². The monoisotopic (exact) mass is 327 g/mol. The number of nitrogens with zero attached hydrogens (tertiary/aromatic N) is 3. The lowest BCUT2D eigenvalue weighted by Crippen LogP contribution is -2.16. The second kappa shape index (κ2) is 6.37. The molecule has 0 atom stereocenters. The first-order valence-corrected chi connectivity index (χ1v) is 7.01. The van der Waals surface area contributed by atoms with Gasteiger partial charge in [-0.3, -0.25) is 19.3 Å². The van der Waals surface area contributed by atoms with E-state index in [1.807, 2.05) is 0 Å². The summed E-state index contributed by atoms with van der Waals surface area (Å²) in [5.41, 5.74) is 0.402. The van der Waals surface area contributed by atoms with E-state index < -0.39 is 4.92 Å². The van der Waals surface area contributed by atoms with Crippen molar-refractivity contribution >= 4 is 11.3 Å². The Hall–Kier alpha value is -3.42. The third-order valence-electron chi connectivity index (χ3n) is 3.36. The molecule has 2 aromatic heterocycles. The molecule has 2 heterocycles. The van der Waals surface area contributed by atoms with Gasteiger partial charge in [0.05, 0.1) is 23.8 Å². The molecule has 8 nitrogen and oxygen atoms in total. The van der Waals surface area contributed by atoms with E-state index in [-0.39, 0.29) is 23.6 Å². The van der Waals surface area contributed by atoms with Crippen LogP contribution in [-0.4, -0.2) is 21.4 Å². The number of methoxy groups -OCH3 is 1. The van der Waals surface area contributed by atoms with Crippen LogP contribution in [0, 0.1) is 10.1 Å². The summed E-state index contributed by atoms with van der Waals surface area (Å²) >= 11 is 0. The highest BCUT2D eigenvalue weighted by atomic mass is 16.6. The molecule has 8 heteroatoms. The van der Waals surface area contributed by atoms with E-state index in [4.69, 9.17) is 9.47 Å². The van der Waals surface area contributed by atoms with Crippen molar-refractivity contribution < 1.29 is 14.4 Å². The van der Waals surface area contributed by atoms with E-state index in [2.05, 4.69) is 4.98 Å². The average molecular weight is 327 g/mol. The predicted octanol–water partition coefficient (Wildman–Crippen LogP) is 2.19. The molecule has 1 aromatic carbocycles. The van der Waals surface area contributed by atoms with E-state index in [1.54, 1.807) is 30.5 Å². The van der Waals surface area contributed by atoms with Gasteiger partial charge >= 0.3 is 5.69 Å². The number of rotatable bonds is 5.